The average molecular weight is 170 g/mol. The maximum absolute atomic E-state index is 12.1. The molecule has 2 amide bonds. The van der Waals surface area contributed by atoms with Gasteiger partial charge >= 0.3 is 17.7 Å². The first-order valence-corrected chi connectivity index (χ1v) is 2.23. The molecule has 0 rings (SSSR count). The fourth-order valence-corrected chi connectivity index (χ4v) is 0.244. The van der Waals surface area contributed by atoms with Crippen molar-refractivity contribution in [2.24, 2.45) is 0 Å². The summed E-state index contributed by atoms with van der Waals surface area (Å²) in [4.78, 5) is 19.9. The van der Waals surface area contributed by atoms with E-state index in [0.717, 1.165) is 0 Å². The van der Waals surface area contributed by atoms with Gasteiger partial charge in [-0.2, -0.15) is 8.78 Å². The molecule has 64 valence electrons. The molecule has 6 nitrogen and oxygen atoms in total. The Bertz CT molecular complexity index is 164. The molecule has 0 heterocycles. The molecule has 0 saturated carbocycles. The van der Waals surface area contributed by atoms with Gasteiger partial charge in [0, 0.05) is 0 Å². The third-order valence-corrected chi connectivity index (χ3v) is 0.773. The van der Waals surface area contributed by atoms with Crippen LogP contribution in [0.4, 0.5) is 8.78 Å². The molecule has 4 N–H and O–H groups in total. The van der Waals surface area contributed by atoms with Crippen LogP contribution in [-0.4, -0.2) is 28.2 Å². The molecular formula is C3H4F2N2O4. The zero-order valence-corrected chi connectivity index (χ0v) is 4.97. The van der Waals surface area contributed by atoms with E-state index in [9.17, 15) is 18.4 Å². The molecule has 11 heavy (non-hydrogen) atoms. The van der Waals surface area contributed by atoms with Gasteiger partial charge in [0.15, 0.2) is 0 Å². The van der Waals surface area contributed by atoms with Crippen LogP contribution in [0.1, 0.15) is 0 Å². The standard InChI is InChI=1S/C3H4F2N2O4/c4-3(5,1(8)6-10)2(9)7-11/h10-11H,(H,6,8)(H,7,9). The second-order valence-corrected chi connectivity index (χ2v) is 1.46. The molecule has 0 aliphatic heterocycles. The Morgan fingerprint density at radius 2 is 1.36 bits per heavy atom. The van der Waals surface area contributed by atoms with Crippen LogP contribution in [0, 0.1) is 0 Å². The number of halogens is 2. The molecule has 0 fully saturated rings. The number of amides is 2. The lowest BCUT2D eigenvalue weighted by molar-refractivity contribution is -0.170. The summed E-state index contributed by atoms with van der Waals surface area (Å²) >= 11 is 0. The number of hydrogen-bond acceptors (Lipinski definition) is 4. The van der Waals surface area contributed by atoms with Crippen LogP contribution in [0.25, 0.3) is 0 Å². The van der Waals surface area contributed by atoms with Crippen molar-refractivity contribution in [3.05, 3.63) is 0 Å². The molecule has 0 unspecified atom stereocenters. The third-order valence-electron chi connectivity index (χ3n) is 0.773. The zero-order chi connectivity index (χ0) is 9.07. The van der Waals surface area contributed by atoms with Crippen LogP contribution in [0.5, 0.6) is 0 Å². The van der Waals surface area contributed by atoms with E-state index >= 15 is 0 Å². The number of nitrogens with one attached hydrogen (secondary N) is 2. The van der Waals surface area contributed by atoms with Gasteiger partial charge in [0.2, 0.25) is 0 Å². The van der Waals surface area contributed by atoms with Crippen molar-refractivity contribution < 1.29 is 28.8 Å². The highest BCUT2D eigenvalue weighted by Crippen LogP contribution is 2.12. The lowest BCUT2D eigenvalue weighted by atomic mass is 10.3. The predicted octanol–water partition coefficient (Wildman–Crippen LogP) is -1.37. The number of carbonyl (C=O) groups is 2. The van der Waals surface area contributed by atoms with Gasteiger partial charge in [0.05, 0.1) is 0 Å². The molecule has 0 aromatic heterocycles. The molecular weight excluding hydrogens is 166 g/mol. The van der Waals surface area contributed by atoms with Gasteiger partial charge < -0.3 is 0 Å². The fourth-order valence-electron chi connectivity index (χ4n) is 0.244. The molecule has 0 radical (unpaired) electrons. The molecule has 0 atom stereocenters. The largest absolute Gasteiger partial charge is 0.404 e. The summed E-state index contributed by atoms with van der Waals surface area (Å²) in [5, 5.41) is 15.3. The van der Waals surface area contributed by atoms with E-state index in [1.54, 1.807) is 0 Å². The van der Waals surface area contributed by atoms with E-state index in [0.29, 0.717) is 11.0 Å². The second kappa shape index (κ2) is 3.21. The smallest absolute Gasteiger partial charge is 0.288 e. The van der Waals surface area contributed by atoms with Crippen molar-refractivity contribution >= 4 is 11.8 Å². The number of hydroxylamine groups is 2. The van der Waals surface area contributed by atoms with Crippen molar-refractivity contribution in [2.75, 3.05) is 0 Å². The van der Waals surface area contributed by atoms with E-state index in [1.807, 2.05) is 0 Å². The first kappa shape index (κ1) is 9.72. The lowest BCUT2D eigenvalue weighted by Crippen LogP contribution is -2.49. The number of rotatable bonds is 2. The minimum absolute atomic E-state index is 0.560. The van der Waals surface area contributed by atoms with Crippen LogP contribution in [0.2, 0.25) is 0 Å². The van der Waals surface area contributed by atoms with Gasteiger partial charge in [-0.15, -0.1) is 0 Å². The maximum Gasteiger partial charge on any atom is 0.404 e. The topological polar surface area (TPSA) is 98.7 Å². The first-order valence-electron chi connectivity index (χ1n) is 2.23. The molecule has 8 heteroatoms. The van der Waals surface area contributed by atoms with E-state index in [-0.39, 0.29) is 0 Å². The number of hydrogen-bond donors (Lipinski definition) is 4. The number of alkyl halides is 2. The molecule has 0 aromatic carbocycles. The van der Waals surface area contributed by atoms with Crippen LogP contribution in [0.15, 0.2) is 0 Å². The molecule has 0 aromatic rings. The van der Waals surface area contributed by atoms with E-state index in [2.05, 4.69) is 0 Å². The van der Waals surface area contributed by atoms with Crippen molar-refractivity contribution in [1.29, 1.82) is 0 Å². The van der Waals surface area contributed by atoms with Crippen LogP contribution in [0.3, 0.4) is 0 Å². The van der Waals surface area contributed by atoms with Gasteiger partial charge in [-0.1, -0.05) is 0 Å². The van der Waals surface area contributed by atoms with Crippen molar-refractivity contribution in [3.63, 3.8) is 0 Å². The van der Waals surface area contributed by atoms with Crippen molar-refractivity contribution in [1.82, 2.24) is 11.0 Å². The third kappa shape index (κ3) is 1.82. The SMILES string of the molecule is O=C(NO)C(F)(F)C(=O)NO. The second-order valence-electron chi connectivity index (χ2n) is 1.46. The lowest BCUT2D eigenvalue weighted by Gasteiger charge is -2.09. The molecule has 0 saturated heterocycles. The summed E-state index contributed by atoms with van der Waals surface area (Å²) in [6.45, 7) is 0. The Balaban J connectivity index is 4.44. The zero-order valence-electron chi connectivity index (χ0n) is 4.97. The van der Waals surface area contributed by atoms with E-state index in [4.69, 9.17) is 10.4 Å². The van der Waals surface area contributed by atoms with Crippen LogP contribution < -0.4 is 11.0 Å². The Labute approximate surface area is 58.7 Å². The van der Waals surface area contributed by atoms with Gasteiger partial charge in [-0.25, -0.2) is 11.0 Å². The highest BCUT2D eigenvalue weighted by molar-refractivity contribution is 6.05. The average Bonchev–Trinajstić information content (AvgIpc) is 2.01. The fraction of sp³-hybridized carbons (Fsp3) is 0.333. The summed E-state index contributed by atoms with van der Waals surface area (Å²) in [6, 6.07) is 0. The monoisotopic (exact) mass is 170 g/mol. The number of carbonyl (C=O) groups excluding carboxylic acids is 2. The van der Waals surface area contributed by atoms with E-state index in [1.165, 1.54) is 0 Å². The molecule has 0 aliphatic carbocycles. The quantitative estimate of drug-likeness (QED) is 0.233. The molecule has 0 aliphatic rings. The summed E-state index contributed by atoms with van der Waals surface area (Å²) in [6.07, 6.45) is 0. The minimum Gasteiger partial charge on any atom is -0.288 e. The van der Waals surface area contributed by atoms with Crippen LogP contribution >= 0.6 is 0 Å². The highest BCUT2D eigenvalue weighted by Gasteiger charge is 2.47. The van der Waals surface area contributed by atoms with Crippen LogP contribution in [-0.2, 0) is 9.59 Å². The van der Waals surface area contributed by atoms with Gasteiger partial charge in [0.25, 0.3) is 0 Å². The first-order chi connectivity index (χ1) is 4.96. The highest BCUT2D eigenvalue weighted by atomic mass is 19.3. The Kier molecular flexibility index (Phi) is 2.84. The summed E-state index contributed by atoms with van der Waals surface area (Å²) in [7, 11) is 0. The van der Waals surface area contributed by atoms with Crippen molar-refractivity contribution in [3.8, 4) is 0 Å². The summed E-state index contributed by atoms with van der Waals surface area (Å²) < 4.78 is 24.1. The maximum atomic E-state index is 12.1. The summed E-state index contributed by atoms with van der Waals surface area (Å²) in [5.41, 5.74) is 1.12. The Morgan fingerprint density at radius 3 is 1.55 bits per heavy atom. The predicted molar refractivity (Wildman–Crippen MR) is 24.8 cm³/mol. The van der Waals surface area contributed by atoms with Gasteiger partial charge in [-0.3, -0.25) is 20.0 Å². The minimum atomic E-state index is -4.48. The summed E-state index contributed by atoms with van der Waals surface area (Å²) in [5.74, 6) is -8.92. The Morgan fingerprint density at radius 1 is 1.09 bits per heavy atom. The Hall–Kier alpha value is -1.28. The molecule has 0 bridgehead atoms. The molecule has 0 spiro atoms. The van der Waals surface area contributed by atoms with E-state index < -0.39 is 17.7 Å². The van der Waals surface area contributed by atoms with Gasteiger partial charge in [0.1, 0.15) is 0 Å². The van der Waals surface area contributed by atoms with Crippen molar-refractivity contribution in [2.45, 2.75) is 5.92 Å². The van der Waals surface area contributed by atoms with Gasteiger partial charge in [-0.05, 0) is 0 Å². The normalized spacial score (nSPS) is 10.5.